The number of anilines is 1. The first-order valence-corrected chi connectivity index (χ1v) is 9.03. The maximum absolute atomic E-state index is 9.60. The van der Waals surface area contributed by atoms with E-state index in [2.05, 4.69) is 0 Å². The van der Waals surface area contributed by atoms with Gasteiger partial charge in [-0.05, 0) is 48.0 Å². The van der Waals surface area contributed by atoms with Gasteiger partial charge in [-0.2, -0.15) is 5.10 Å². The second-order valence-electron chi connectivity index (χ2n) is 6.16. The van der Waals surface area contributed by atoms with Gasteiger partial charge in [-0.3, -0.25) is 5.01 Å². The lowest BCUT2D eigenvalue weighted by molar-refractivity contribution is 0.475. The summed E-state index contributed by atoms with van der Waals surface area (Å²) < 4.78 is 0. The normalized spacial score (nSPS) is 16.6. The number of nitrogens with zero attached hydrogens (tertiary/aromatic N) is 2. The molecular formula is C21H16Cl2N2O. The monoisotopic (exact) mass is 382 g/mol. The fraction of sp³-hybridized carbons (Fsp3) is 0.0952. The van der Waals surface area contributed by atoms with E-state index in [0.29, 0.717) is 10.0 Å². The highest BCUT2D eigenvalue weighted by Crippen LogP contribution is 2.38. The zero-order chi connectivity index (χ0) is 18.1. The zero-order valence-electron chi connectivity index (χ0n) is 13.8. The molecular weight excluding hydrogens is 367 g/mol. The van der Waals surface area contributed by atoms with Gasteiger partial charge in [-0.15, -0.1) is 0 Å². The third-order valence-electron chi connectivity index (χ3n) is 4.46. The second-order valence-corrected chi connectivity index (χ2v) is 7.00. The Hall–Kier alpha value is -2.49. The molecule has 3 aromatic rings. The molecule has 1 atom stereocenters. The van der Waals surface area contributed by atoms with Gasteiger partial charge in [-0.1, -0.05) is 53.5 Å². The van der Waals surface area contributed by atoms with Crippen molar-refractivity contribution in [3.05, 3.63) is 94.0 Å². The molecule has 1 heterocycles. The molecule has 1 N–H and O–H groups in total. The van der Waals surface area contributed by atoms with Gasteiger partial charge in [0.25, 0.3) is 0 Å². The van der Waals surface area contributed by atoms with Crippen molar-refractivity contribution in [1.82, 2.24) is 0 Å². The maximum atomic E-state index is 9.60. The minimum atomic E-state index is 0.0167. The number of rotatable bonds is 3. The molecule has 0 saturated heterocycles. The van der Waals surface area contributed by atoms with E-state index in [-0.39, 0.29) is 11.8 Å². The van der Waals surface area contributed by atoms with Crippen LogP contribution in [0.15, 0.2) is 77.9 Å². The Kier molecular flexibility index (Phi) is 4.58. The van der Waals surface area contributed by atoms with E-state index >= 15 is 0 Å². The van der Waals surface area contributed by atoms with Crippen molar-refractivity contribution in [1.29, 1.82) is 0 Å². The van der Waals surface area contributed by atoms with Crippen molar-refractivity contribution in [2.24, 2.45) is 5.10 Å². The number of hydrazone groups is 1. The Morgan fingerprint density at radius 1 is 0.885 bits per heavy atom. The molecule has 3 nitrogen and oxygen atoms in total. The topological polar surface area (TPSA) is 35.8 Å². The highest BCUT2D eigenvalue weighted by molar-refractivity contribution is 6.34. The molecule has 0 amide bonds. The van der Waals surface area contributed by atoms with E-state index in [0.717, 1.165) is 28.9 Å². The summed E-state index contributed by atoms with van der Waals surface area (Å²) >= 11 is 12.4. The van der Waals surface area contributed by atoms with Crippen molar-refractivity contribution < 1.29 is 5.11 Å². The Labute approximate surface area is 162 Å². The van der Waals surface area contributed by atoms with Crippen molar-refractivity contribution in [2.45, 2.75) is 12.5 Å². The molecule has 1 aliphatic heterocycles. The van der Waals surface area contributed by atoms with Crippen LogP contribution in [-0.4, -0.2) is 10.8 Å². The van der Waals surface area contributed by atoms with E-state index in [4.69, 9.17) is 28.3 Å². The molecule has 0 saturated carbocycles. The highest BCUT2D eigenvalue weighted by Gasteiger charge is 2.30. The number of halogens is 2. The molecule has 1 aliphatic rings. The van der Waals surface area contributed by atoms with Gasteiger partial charge in [0.1, 0.15) is 5.75 Å². The third-order valence-corrected chi connectivity index (χ3v) is 5.05. The molecule has 5 heteroatoms. The Balaban J connectivity index is 1.77. The van der Waals surface area contributed by atoms with Gasteiger partial charge in [0.15, 0.2) is 0 Å². The van der Waals surface area contributed by atoms with Crippen LogP contribution >= 0.6 is 23.2 Å². The molecule has 0 aliphatic carbocycles. The average molecular weight is 383 g/mol. The van der Waals surface area contributed by atoms with Gasteiger partial charge >= 0.3 is 0 Å². The molecule has 0 aromatic heterocycles. The predicted molar refractivity (Wildman–Crippen MR) is 107 cm³/mol. The van der Waals surface area contributed by atoms with Gasteiger partial charge in [-0.25, -0.2) is 0 Å². The van der Waals surface area contributed by atoms with Gasteiger partial charge < -0.3 is 5.11 Å². The summed E-state index contributed by atoms with van der Waals surface area (Å²) in [6, 6.07) is 22.6. The number of phenolic OH excluding ortho intramolecular Hbond substituents is 1. The fourth-order valence-electron chi connectivity index (χ4n) is 3.16. The minimum absolute atomic E-state index is 0.0167. The van der Waals surface area contributed by atoms with Crippen LogP contribution in [-0.2, 0) is 0 Å². The first-order chi connectivity index (χ1) is 12.6. The molecule has 3 aromatic carbocycles. The summed E-state index contributed by atoms with van der Waals surface area (Å²) in [6.07, 6.45) is 0.719. The molecule has 0 bridgehead atoms. The number of phenols is 1. The number of aromatic hydroxyl groups is 1. The molecule has 1 unspecified atom stereocenters. The second kappa shape index (κ2) is 7.02. The third kappa shape index (κ3) is 3.28. The van der Waals surface area contributed by atoms with Crippen LogP contribution in [0.1, 0.15) is 23.6 Å². The van der Waals surface area contributed by atoms with Crippen LogP contribution in [0.5, 0.6) is 5.75 Å². The minimum Gasteiger partial charge on any atom is -0.508 e. The van der Waals surface area contributed by atoms with E-state index in [9.17, 15) is 5.11 Å². The van der Waals surface area contributed by atoms with Gasteiger partial charge in [0, 0.05) is 22.0 Å². The Morgan fingerprint density at radius 2 is 1.58 bits per heavy atom. The molecule has 0 fully saturated rings. The predicted octanol–water partition coefficient (Wildman–Crippen LogP) is 6.05. The van der Waals surface area contributed by atoms with Crippen LogP contribution < -0.4 is 5.01 Å². The number of benzene rings is 3. The van der Waals surface area contributed by atoms with E-state index in [1.807, 2.05) is 65.7 Å². The number of hydrogen-bond donors (Lipinski definition) is 1. The molecule has 26 heavy (non-hydrogen) atoms. The summed E-state index contributed by atoms with van der Waals surface area (Å²) in [5.74, 6) is 0.247. The Bertz CT molecular complexity index is 953. The molecule has 130 valence electrons. The lowest BCUT2D eigenvalue weighted by Crippen LogP contribution is -2.18. The first kappa shape index (κ1) is 17.0. The highest BCUT2D eigenvalue weighted by atomic mass is 35.5. The van der Waals surface area contributed by atoms with Crippen LogP contribution in [0.2, 0.25) is 10.0 Å². The van der Waals surface area contributed by atoms with E-state index in [1.165, 1.54) is 0 Å². The summed E-state index contributed by atoms with van der Waals surface area (Å²) in [6.45, 7) is 0. The molecule has 0 radical (unpaired) electrons. The van der Waals surface area contributed by atoms with Crippen LogP contribution in [0.25, 0.3) is 0 Å². The first-order valence-electron chi connectivity index (χ1n) is 8.28. The van der Waals surface area contributed by atoms with Crippen LogP contribution in [0.4, 0.5) is 5.69 Å². The fourth-order valence-corrected chi connectivity index (χ4v) is 3.53. The standard InChI is InChI=1S/C21H16Cl2N2O/c22-15-7-9-16(10-8-15)25-21(14-5-11-17(26)12-6-14)13-20(24-25)18-3-1-2-4-19(18)23/h1-12,21,26H,13H2. The summed E-state index contributed by atoms with van der Waals surface area (Å²) in [4.78, 5) is 0. The van der Waals surface area contributed by atoms with Crippen molar-refractivity contribution >= 4 is 34.6 Å². The average Bonchev–Trinajstić information content (AvgIpc) is 3.08. The quantitative estimate of drug-likeness (QED) is 0.597. The SMILES string of the molecule is Oc1ccc(C2CC(c3ccccc3Cl)=NN2c2ccc(Cl)cc2)cc1. The van der Waals surface area contributed by atoms with Crippen molar-refractivity contribution in [3.63, 3.8) is 0 Å². The number of hydrogen-bond acceptors (Lipinski definition) is 3. The van der Waals surface area contributed by atoms with Gasteiger partial charge in [0.05, 0.1) is 17.4 Å². The zero-order valence-corrected chi connectivity index (χ0v) is 15.3. The van der Waals surface area contributed by atoms with Crippen molar-refractivity contribution in [2.75, 3.05) is 5.01 Å². The summed E-state index contributed by atoms with van der Waals surface area (Å²) in [5, 5.41) is 17.8. The van der Waals surface area contributed by atoms with E-state index in [1.54, 1.807) is 12.1 Å². The smallest absolute Gasteiger partial charge is 0.115 e. The molecule has 4 rings (SSSR count). The largest absolute Gasteiger partial charge is 0.508 e. The molecule has 0 spiro atoms. The van der Waals surface area contributed by atoms with Crippen molar-refractivity contribution in [3.8, 4) is 5.75 Å². The summed E-state index contributed by atoms with van der Waals surface area (Å²) in [5.41, 5.74) is 3.90. The lowest BCUT2D eigenvalue weighted by Gasteiger charge is -2.24. The maximum Gasteiger partial charge on any atom is 0.115 e. The lowest BCUT2D eigenvalue weighted by atomic mass is 9.98. The van der Waals surface area contributed by atoms with Crippen LogP contribution in [0, 0.1) is 0 Å². The van der Waals surface area contributed by atoms with E-state index < -0.39 is 0 Å². The Morgan fingerprint density at radius 3 is 2.27 bits per heavy atom. The van der Waals surface area contributed by atoms with Gasteiger partial charge in [0.2, 0.25) is 0 Å². The summed E-state index contributed by atoms with van der Waals surface area (Å²) in [7, 11) is 0. The van der Waals surface area contributed by atoms with Crippen LogP contribution in [0.3, 0.4) is 0 Å².